The normalized spacial score (nSPS) is 11.9. The smallest absolute Gasteiger partial charge is 0.253 e. The molecule has 0 aliphatic carbocycles. The maximum atomic E-state index is 12.2. The van der Waals surface area contributed by atoms with Gasteiger partial charge in [-0.25, -0.2) is 0 Å². The molecule has 0 spiro atoms. The Balaban J connectivity index is 2.19. The Hall–Kier alpha value is -1.58. The molecule has 2 aromatic rings. The third kappa shape index (κ3) is 3.50. The Morgan fingerprint density at radius 2 is 2.15 bits per heavy atom. The van der Waals surface area contributed by atoms with E-state index < -0.39 is 0 Å². The van der Waals surface area contributed by atoms with Crippen molar-refractivity contribution in [2.75, 3.05) is 0 Å². The van der Waals surface area contributed by atoms with Gasteiger partial charge < -0.3 is 5.32 Å². The van der Waals surface area contributed by atoms with Gasteiger partial charge in [-0.15, -0.1) is 0 Å². The molecule has 1 heterocycles. The highest BCUT2D eigenvalue weighted by Crippen LogP contribution is 2.22. The zero-order valence-corrected chi connectivity index (χ0v) is 12.4. The van der Waals surface area contributed by atoms with Crippen LogP contribution in [0.25, 0.3) is 0 Å². The van der Waals surface area contributed by atoms with Crippen LogP contribution in [0.3, 0.4) is 0 Å². The van der Waals surface area contributed by atoms with Gasteiger partial charge in [-0.1, -0.05) is 42.3 Å². The summed E-state index contributed by atoms with van der Waals surface area (Å²) >= 11 is 12.0. The van der Waals surface area contributed by atoms with E-state index in [2.05, 4.69) is 10.3 Å². The van der Waals surface area contributed by atoms with E-state index in [1.807, 2.05) is 25.1 Å². The lowest BCUT2D eigenvalue weighted by molar-refractivity contribution is 0.0935. The number of benzene rings is 1. The number of carbonyl (C=O) groups is 1. The molecule has 1 N–H and O–H groups in total. The molecule has 1 aromatic heterocycles. The summed E-state index contributed by atoms with van der Waals surface area (Å²) in [5.74, 6) is -0.218. The van der Waals surface area contributed by atoms with Gasteiger partial charge >= 0.3 is 0 Å². The maximum absolute atomic E-state index is 12.2. The lowest BCUT2D eigenvalue weighted by Gasteiger charge is -2.18. The van der Waals surface area contributed by atoms with E-state index in [1.54, 1.807) is 18.3 Å². The zero-order chi connectivity index (χ0) is 14.5. The summed E-state index contributed by atoms with van der Waals surface area (Å²) in [5.41, 5.74) is 1.39. The molecule has 0 saturated carbocycles. The third-order valence-electron chi connectivity index (χ3n) is 2.98. The molecule has 1 atom stereocenters. The molecule has 0 radical (unpaired) electrons. The first-order chi connectivity index (χ1) is 9.61. The van der Waals surface area contributed by atoms with E-state index in [4.69, 9.17) is 23.2 Å². The molecule has 5 heteroatoms. The average Bonchev–Trinajstić information content (AvgIpc) is 2.45. The van der Waals surface area contributed by atoms with Crippen LogP contribution in [-0.2, 0) is 0 Å². The second kappa shape index (κ2) is 6.73. The number of halogens is 2. The standard InChI is InChI=1S/C15H14Cl2N2O/c1-2-14(10-4-3-5-11(16)8-10)19-15(20)12-6-7-18-9-13(12)17/h3-9,14H,2H2,1H3,(H,19,20). The fraction of sp³-hybridized carbons (Fsp3) is 0.200. The summed E-state index contributed by atoms with van der Waals surface area (Å²) in [6.07, 6.45) is 3.76. The lowest BCUT2D eigenvalue weighted by Crippen LogP contribution is -2.28. The van der Waals surface area contributed by atoms with E-state index in [0.717, 1.165) is 12.0 Å². The molecule has 3 nitrogen and oxygen atoms in total. The van der Waals surface area contributed by atoms with Gasteiger partial charge in [-0.3, -0.25) is 9.78 Å². The molecule has 104 valence electrons. The molecule has 1 amide bonds. The fourth-order valence-electron chi connectivity index (χ4n) is 1.94. The molecule has 2 rings (SSSR count). The monoisotopic (exact) mass is 308 g/mol. The number of rotatable bonds is 4. The minimum Gasteiger partial charge on any atom is -0.345 e. The van der Waals surface area contributed by atoms with Crippen LogP contribution < -0.4 is 5.32 Å². The maximum Gasteiger partial charge on any atom is 0.253 e. The van der Waals surface area contributed by atoms with Crippen molar-refractivity contribution >= 4 is 29.1 Å². The summed E-state index contributed by atoms with van der Waals surface area (Å²) in [6.45, 7) is 2.00. The minimum atomic E-state index is -0.218. The second-order valence-electron chi connectivity index (χ2n) is 4.34. The quantitative estimate of drug-likeness (QED) is 0.916. The minimum absolute atomic E-state index is 0.106. The van der Waals surface area contributed by atoms with E-state index in [-0.39, 0.29) is 11.9 Å². The Morgan fingerprint density at radius 3 is 2.80 bits per heavy atom. The second-order valence-corrected chi connectivity index (χ2v) is 5.19. The molecule has 20 heavy (non-hydrogen) atoms. The van der Waals surface area contributed by atoms with E-state index >= 15 is 0 Å². The SMILES string of the molecule is CCC(NC(=O)c1ccncc1Cl)c1cccc(Cl)c1. The Morgan fingerprint density at radius 1 is 1.35 bits per heavy atom. The largest absolute Gasteiger partial charge is 0.345 e. The van der Waals surface area contributed by atoms with Crippen LogP contribution in [0.4, 0.5) is 0 Å². The van der Waals surface area contributed by atoms with Crippen molar-refractivity contribution in [2.45, 2.75) is 19.4 Å². The van der Waals surface area contributed by atoms with Gasteiger partial charge in [0.05, 0.1) is 16.6 Å². The highest BCUT2D eigenvalue weighted by Gasteiger charge is 2.16. The van der Waals surface area contributed by atoms with Gasteiger partial charge in [-0.05, 0) is 30.2 Å². The number of aromatic nitrogens is 1. The van der Waals surface area contributed by atoms with Crippen molar-refractivity contribution in [1.82, 2.24) is 10.3 Å². The van der Waals surface area contributed by atoms with Crippen molar-refractivity contribution in [3.8, 4) is 0 Å². The van der Waals surface area contributed by atoms with Crippen LogP contribution in [0.1, 0.15) is 35.3 Å². The number of carbonyl (C=O) groups excluding carboxylic acids is 1. The van der Waals surface area contributed by atoms with Gasteiger partial charge in [-0.2, -0.15) is 0 Å². The highest BCUT2D eigenvalue weighted by atomic mass is 35.5. The first-order valence-electron chi connectivity index (χ1n) is 6.27. The third-order valence-corrected chi connectivity index (χ3v) is 3.52. The summed E-state index contributed by atoms with van der Waals surface area (Å²) in [6, 6.07) is 8.96. The number of hydrogen-bond donors (Lipinski definition) is 1. The molecule has 0 aliphatic heterocycles. The predicted octanol–water partition coefficient (Wildman–Crippen LogP) is 4.27. The van der Waals surface area contributed by atoms with Crippen molar-refractivity contribution in [3.05, 3.63) is 63.9 Å². The Bertz CT molecular complexity index is 616. The predicted molar refractivity (Wildman–Crippen MR) is 81.2 cm³/mol. The summed E-state index contributed by atoms with van der Waals surface area (Å²) in [5, 5.41) is 3.95. The van der Waals surface area contributed by atoms with Gasteiger partial charge in [0.15, 0.2) is 0 Å². The van der Waals surface area contributed by atoms with Crippen LogP contribution in [0, 0.1) is 0 Å². The first-order valence-corrected chi connectivity index (χ1v) is 7.03. The lowest BCUT2D eigenvalue weighted by atomic mass is 10.0. The van der Waals surface area contributed by atoms with Gasteiger partial charge in [0.25, 0.3) is 5.91 Å². The van der Waals surface area contributed by atoms with Crippen LogP contribution in [0.15, 0.2) is 42.7 Å². The van der Waals surface area contributed by atoms with E-state index in [9.17, 15) is 4.79 Å². The highest BCUT2D eigenvalue weighted by molar-refractivity contribution is 6.33. The molecular formula is C15H14Cl2N2O. The van der Waals surface area contributed by atoms with Gasteiger partial charge in [0, 0.05) is 17.4 Å². The first kappa shape index (κ1) is 14.8. The number of nitrogens with one attached hydrogen (secondary N) is 1. The Labute approximate surface area is 127 Å². The summed E-state index contributed by atoms with van der Waals surface area (Å²) in [7, 11) is 0. The van der Waals surface area contributed by atoms with Gasteiger partial charge in [0.1, 0.15) is 0 Å². The van der Waals surface area contributed by atoms with Crippen molar-refractivity contribution in [3.63, 3.8) is 0 Å². The van der Waals surface area contributed by atoms with E-state index in [1.165, 1.54) is 6.20 Å². The van der Waals surface area contributed by atoms with E-state index in [0.29, 0.717) is 15.6 Å². The summed E-state index contributed by atoms with van der Waals surface area (Å²) in [4.78, 5) is 16.1. The van der Waals surface area contributed by atoms with Crippen molar-refractivity contribution in [1.29, 1.82) is 0 Å². The number of amides is 1. The molecule has 0 bridgehead atoms. The van der Waals surface area contributed by atoms with Crippen molar-refractivity contribution < 1.29 is 4.79 Å². The topological polar surface area (TPSA) is 42.0 Å². The van der Waals surface area contributed by atoms with Crippen LogP contribution in [0.2, 0.25) is 10.0 Å². The average molecular weight is 309 g/mol. The number of pyridine rings is 1. The van der Waals surface area contributed by atoms with Gasteiger partial charge in [0.2, 0.25) is 0 Å². The fourth-order valence-corrected chi connectivity index (χ4v) is 2.34. The molecule has 0 aliphatic rings. The van der Waals surface area contributed by atoms with Crippen LogP contribution >= 0.6 is 23.2 Å². The zero-order valence-electron chi connectivity index (χ0n) is 10.9. The Kier molecular flexibility index (Phi) is 4.99. The molecule has 0 fully saturated rings. The number of hydrogen-bond acceptors (Lipinski definition) is 2. The molecule has 0 saturated heterocycles. The summed E-state index contributed by atoms with van der Waals surface area (Å²) < 4.78 is 0. The van der Waals surface area contributed by atoms with Crippen molar-refractivity contribution in [2.24, 2.45) is 0 Å². The molecular weight excluding hydrogens is 295 g/mol. The van der Waals surface area contributed by atoms with Crippen LogP contribution in [0.5, 0.6) is 0 Å². The van der Waals surface area contributed by atoms with Crippen LogP contribution in [-0.4, -0.2) is 10.9 Å². The molecule has 1 unspecified atom stereocenters. The number of nitrogens with zero attached hydrogens (tertiary/aromatic N) is 1. The molecule has 1 aromatic carbocycles.